The maximum atomic E-state index is 10.8. The van der Waals surface area contributed by atoms with E-state index in [2.05, 4.69) is 4.98 Å². The molecule has 0 fully saturated rings. The van der Waals surface area contributed by atoms with Gasteiger partial charge in [0.05, 0.1) is 11.1 Å². The fourth-order valence-electron chi connectivity index (χ4n) is 0.976. The van der Waals surface area contributed by atoms with Gasteiger partial charge in [-0.1, -0.05) is 0 Å². The number of rotatable bonds is 2. The second kappa shape index (κ2) is 3.18. The van der Waals surface area contributed by atoms with Gasteiger partial charge in [0.25, 0.3) is 0 Å². The average Bonchev–Trinajstić information content (AvgIpc) is 2.03. The van der Waals surface area contributed by atoms with Gasteiger partial charge in [-0.3, -0.25) is 4.79 Å². The highest BCUT2D eigenvalue weighted by atomic mass is 16.6. The Morgan fingerprint density at radius 2 is 2.31 bits per heavy atom. The van der Waals surface area contributed by atoms with Crippen LogP contribution in [0.25, 0.3) is 0 Å². The van der Waals surface area contributed by atoms with Crippen molar-refractivity contribution in [2.45, 2.75) is 6.92 Å². The predicted molar refractivity (Wildman–Crippen MR) is 44.1 cm³/mol. The van der Waals surface area contributed by atoms with E-state index < -0.39 is 10.8 Å². The van der Waals surface area contributed by atoms with Crippen molar-refractivity contribution in [1.82, 2.24) is 4.98 Å². The summed E-state index contributed by atoms with van der Waals surface area (Å²) in [7, 11) is 0. The lowest BCUT2D eigenvalue weighted by molar-refractivity contribution is -0.390. The number of primary amides is 1. The van der Waals surface area contributed by atoms with E-state index in [1.165, 1.54) is 19.2 Å². The van der Waals surface area contributed by atoms with Crippen LogP contribution in [0.1, 0.15) is 15.9 Å². The third-order valence-electron chi connectivity index (χ3n) is 1.62. The van der Waals surface area contributed by atoms with Crippen molar-refractivity contribution in [3.63, 3.8) is 0 Å². The number of aromatic nitrogens is 1. The first kappa shape index (κ1) is 9.11. The van der Waals surface area contributed by atoms with E-state index in [1.807, 2.05) is 0 Å². The van der Waals surface area contributed by atoms with Crippen LogP contribution in [0.3, 0.4) is 0 Å². The molecule has 2 N–H and O–H groups in total. The molecular formula is C7H7N3O3. The van der Waals surface area contributed by atoms with Crippen molar-refractivity contribution in [3.05, 3.63) is 33.5 Å². The Labute approximate surface area is 73.5 Å². The van der Waals surface area contributed by atoms with Crippen molar-refractivity contribution in [3.8, 4) is 0 Å². The van der Waals surface area contributed by atoms with Crippen molar-refractivity contribution in [2.24, 2.45) is 5.73 Å². The third-order valence-corrected chi connectivity index (χ3v) is 1.62. The number of amides is 1. The summed E-state index contributed by atoms with van der Waals surface area (Å²) in [5, 5.41) is 10.4. The Balaban J connectivity index is 3.35. The highest BCUT2D eigenvalue weighted by Gasteiger charge is 2.17. The van der Waals surface area contributed by atoms with Crippen LogP contribution in [-0.4, -0.2) is 15.8 Å². The van der Waals surface area contributed by atoms with Crippen molar-refractivity contribution in [2.75, 3.05) is 0 Å². The average molecular weight is 181 g/mol. The first-order chi connectivity index (χ1) is 6.04. The van der Waals surface area contributed by atoms with Gasteiger partial charge in [-0.05, 0) is 22.9 Å². The lowest BCUT2D eigenvalue weighted by Crippen LogP contribution is -2.13. The predicted octanol–water partition coefficient (Wildman–Crippen LogP) is 0.397. The minimum Gasteiger partial charge on any atom is -0.366 e. The van der Waals surface area contributed by atoms with Gasteiger partial charge in [0, 0.05) is 0 Å². The molecule has 0 saturated heterocycles. The Hall–Kier alpha value is -1.98. The van der Waals surface area contributed by atoms with Crippen molar-refractivity contribution >= 4 is 11.7 Å². The minimum absolute atomic E-state index is 0.127. The third kappa shape index (κ3) is 1.61. The normalized spacial score (nSPS) is 9.62. The summed E-state index contributed by atoms with van der Waals surface area (Å²) in [5.74, 6) is -1.03. The van der Waals surface area contributed by atoms with Crippen molar-refractivity contribution < 1.29 is 9.72 Å². The van der Waals surface area contributed by atoms with Gasteiger partial charge >= 0.3 is 5.82 Å². The number of nitrogens with zero attached hydrogens (tertiary/aromatic N) is 2. The van der Waals surface area contributed by atoms with E-state index in [0.717, 1.165) is 0 Å². The monoisotopic (exact) mass is 181 g/mol. The van der Waals surface area contributed by atoms with E-state index in [1.54, 1.807) is 0 Å². The van der Waals surface area contributed by atoms with E-state index in [9.17, 15) is 14.9 Å². The van der Waals surface area contributed by atoms with Crippen LogP contribution in [-0.2, 0) is 0 Å². The van der Waals surface area contributed by atoms with Gasteiger partial charge in [0.1, 0.15) is 6.20 Å². The summed E-state index contributed by atoms with van der Waals surface area (Å²) in [6.07, 6.45) is 1.19. The lowest BCUT2D eigenvalue weighted by atomic mass is 10.1. The number of nitro groups is 1. The Kier molecular flexibility index (Phi) is 2.23. The second-order valence-electron chi connectivity index (χ2n) is 2.43. The molecule has 6 nitrogen and oxygen atoms in total. The number of hydrogen-bond donors (Lipinski definition) is 1. The molecule has 0 unspecified atom stereocenters. The summed E-state index contributed by atoms with van der Waals surface area (Å²) < 4.78 is 0. The van der Waals surface area contributed by atoms with Crippen LogP contribution in [0.2, 0.25) is 0 Å². The molecule has 1 aromatic heterocycles. The molecule has 13 heavy (non-hydrogen) atoms. The molecule has 68 valence electrons. The highest BCUT2D eigenvalue weighted by molar-refractivity contribution is 5.94. The number of carbonyl (C=O) groups is 1. The molecular weight excluding hydrogens is 174 g/mol. The van der Waals surface area contributed by atoms with Crippen LogP contribution in [0, 0.1) is 17.0 Å². The maximum Gasteiger partial charge on any atom is 0.367 e. The fraction of sp³-hybridized carbons (Fsp3) is 0.143. The van der Waals surface area contributed by atoms with Gasteiger partial charge in [0.2, 0.25) is 5.91 Å². The lowest BCUT2D eigenvalue weighted by Gasteiger charge is -1.99. The molecule has 0 aliphatic carbocycles. The van der Waals surface area contributed by atoms with Crippen LogP contribution >= 0.6 is 0 Å². The molecule has 0 aromatic carbocycles. The molecule has 1 amide bonds. The summed E-state index contributed by atoms with van der Waals surface area (Å²) in [4.78, 5) is 24.0. The molecule has 0 atom stereocenters. The topological polar surface area (TPSA) is 99.1 Å². The summed E-state index contributed by atoms with van der Waals surface area (Å²) in [6.45, 7) is 1.44. The van der Waals surface area contributed by atoms with E-state index in [-0.39, 0.29) is 16.9 Å². The quantitative estimate of drug-likeness (QED) is 0.527. The van der Waals surface area contributed by atoms with E-state index >= 15 is 0 Å². The second-order valence-corrected chi connectivity index (χ2v) is 2.43. The Morgan fingerprint density at radius 1 is 1.69 bits per heavy atom. The zero-order valence-electron chi connectivity index (χ0n) is 6.85. The zero-order valence-corrected chi connectivity index (χ0v) is 6.85. The molecule has 0 aliphatic rings. The van der Waals surface area contributed by atoms with Crippen LogP contribution in [0.5, 0.6) is 0 Å². The molecule has 0 radical (unpaired) electrons. The summed E-state index contributed by atoms with van der Waals surface area (Å²) in [6, 6.07) is 1.35. The molecule has 1 heterocycles. The SMILES string of the molecule is Cc1c(C(N)=O)ccnc1[N+](=O)[O-]. The molecule has 1 aromatic rings. The first-order valence-electron chi connectivity index (χ1n) is 3.44. The molecule has 0 bridgehead atoms. The Bertz CT molecular complexity index is 343. The molecule has 0 aliphatic heterocycles. The van der Waals surface area contributed by atoms with Crippen molar-refractivity contribution in [1.29, 1.82) is 0 Å². The fourth-order valence-corrected chi connectivity index (χ4v) is 0.976. The van der Waals surface area contributed by atoms with Crippen LogP contribution < -0.4 is 5.73 Å². The largest absolute Gasteiger partial charge is 0.367 e. The maximum absolute atomic E-state index is 10.8. The van der Waals surface area contributed by atoms with Gasteiger partial charge in [-0.25, -0.2) is 0 Å². The molecule has 0 saturated carbocycles. The standard InChI is InChI=1S/C7H7N3O3/c1-4-5(6(8)11)2-3-9-7(4)10(12)13/h2-3H,1H3,(H2,8,11). The zero-order chi connectivity index (χ0) is 10.0. The summed E-state index contributed by atoms with van der Waals surface area (Å²) in [5.41, 5.74) is 5.32. The number of hydrogen-bond acceptors (Lipinski definition) is 4. The number of pyridine rings is 1. The van der Waals surface area contributed by atoms with Gasteiger partial charge in [0.15, 0.2) is 0 Å². The van der Waals surface area contributed by atoms with Gasteiger partial charge in [-0.2, -0.15) is 0 Å². The summed E-state index contributed by atoms with van der Waals surface area (Å²) >= 11 is 0. The molecule has 1 rings (SSSR count). The van der Waals surface area contributed by atoms with E-state index in [4.69, 9.17) is 5.73 Å². The van der Waals surface area contributed by atoms with Crippen LogP contribution in [0.4, 0.5) is 5.82 Å². The Morgan fingerprint density at radius 3 is 2.77 bits per heavy atom. The molecule has 6 heteroatoms. The van der Waals surface area contributed by atoms with Gasteiger partial charge < -0.3 is 15.8 Å². The number of nitrogens with two attached hydrogens (primary N) is 1. The van der Waals surface area contributed by atoms with E-state index in [0.29, 0.717) is 0 Å². The smallest absolute Gasteiger partial charge is 0.366 e. The first-order valence-corrected chi connectivity index (χ1v) is 3.44. The highest BCUT2D eigenvalue weighted by Crippen LogP contribution is 2.16. The minimum atomic E-state index is -0.692. The van der Waals surface area contributed by atoms with Gasteiger partial charge in [-0.15, -0.1) is 0 Å². The number of carbonyl (C=O) groups excluding carboxylic acids is 1. The molecule has 0 spiro atoms. The van der Waals surface area contributed by atoms with Crippen LogP contribution in [0.15, 0.2) is 12.3 Å².